The number of ether oxygens (including phenoxy) is 4. The Morgan fingerprint density at radius 1 is 1.11 bits per heavy atom. The van der Waals surface area contributed by atoms with Crippen molar-refractivity contribution in [1.82, 2.24) is 0 Å². The van der Waals surface area contributed by atoms with Crippen molar-refractivity contribution in [2.45, 2.75) is 71.7 Å². The Balaban J connectivity index is 1.96. The van der Waals surface area contributed by atoms with Crippen molar-refractivity contribution in [2.24, 2.45) is 11.8 Å². The average Bonchev–Trinajstić information content (AvgIpc) is 2.96. The van der Waals surface area contributed by atoms with E-state index in [0.29, 0.717) is 18.9 Å². The molecule has 2 rings (SSSR count). The van der Waals surface area contributed by atoms with Crippen molar-refractivity contribution in [3.05, 3.63) is 42.0 Å². The topological polar surface area (TPSA) is 57.2 Å². The highest BCUT2D eigenvalue weighted by Crippen LogP contribution is 2.34. The highest BCUT2D eigenvalue weighted by Gasteiger charge is 2.42. The molecule has 0 saturated carbocycles. The van der Waals surface area contributed by atoms with Gasteiger partial charge in [0.25, 0.3) is 0 Å². The predicted octanol–water partition coefficient (Wildman–Crippen LogP) is 4.33. The third-order valence-corrected chi connectivity index (χ3v) is 5.02. The van der Waals surface area contributed by atoms with E-state index in [0.717, 1.165) is 11.3 Å². The lowest BCUT2D eigenvalue weighted by Crippen LogP contribution is -2.29. The maximum absolute atomic E-state index is 9.32. The normalized spacial score (nSPS) is 24.0. The predicted molar refractivity (Wildman–Crippen MR) is 110 cm³/mol. The van der Waals surface area contributed by atoms with Crippen LogP contribution in [0.3, 0.4) is 0 Å². The van der Waals surface area contributed by atoms with E-state index in [1.165, 1.54) is 0 Å². The fourth-order valence-electron chi connectivity index (χ4n) is 3.44. The number of aliphatic hydroxyl groups excluding tert-OH is 1. The van der Waals surface area contributed by atoms with Gasteiger partial charge in [-0.1, -0.05) is 45.1 Å². The second-order valence-corrected chi connectivity index (χ2v) is 8.26. The number of methoxy groups -OCH3 is 1. The molecule has 0 aliphatic carbocycles. The van der Waals surface area contributed by atoms with Gasteiger partial charge in [0, 0.05) is 12.5 Å². The molecule has 5 heteroatoms. The van der Waals surface area contributed by atoms with E-state index in [1.807, 2.05) is 38.1 Å². The van der Waals surface area contributed by atoms with E-state index >= 15 is 0 Å². The van der Waals surface area contributed by atoms with E-state index in [1.54, 1.807) is 7.11 Å². The number of hydrogen-bond donors (Lipinski definition) is 1. The molecule has 0 amide bonds. The van der Waals surface area contributed by atoms with Crippen molar-refractivity contribution >= 4 is 0 Å². The molecule has 1 N–H and O–H groups in total. The van der Waals surface area contributed by atoms with Crippen molar-refractivity contribution in [2.75, 3.05) is 13.7 Å². The molecule has 1 unspecified atom stereocenters. The molecule has 1 aromatic carbocycles. The van der Waals surface area contributed by atoms with Gasteiger partial charge in [-0.2, -0.15) is 0 Å². The Kier molecular flexibility index (Phi) is 8.50. The van der Waals surface area contributed by atoms with Gasteiger partial charge in [0.1, 0.15) is 5.75 Å². The van der Waals surface area contributed by atoms with Gasteiger partial charge in [0.2, 0.25) is 0 Å². The van der Waals surface area contributed by atoms with E-state index < -0.39 is 5.79 Å². The number of aliphatic hydroxyl groups is 1. The summed E-state index contributed by atoms with van der Waals surface area (Å²) in [5, 5.41) is 9.32. The van der Waals surface area contributed by atoms with Gasteiger partial charge >= 0.3 is 0 Å². The quantitative estimate of drug-likeness (QED) is 0.601. The van der Waals surface area contributed by atoms with E-state index in [4.69, 9.17) is 18.9 Å². The fraction of sp³-hybridized carbons (Fsp3) is 0.652. The molecule has 28 heavy (non-hydrogen) atoms. The summed E-state index contributed by atoms with van der Waals surface area (Å²) >= 11 is 0. The van der Waals surface area contributed by atoms with Gasteiger partial charge < -0.3 is 24.1 Å². The maximum atomic E-state index is 9.32. The van der Waals surface area contributed by atoms with Crippen LogP contribution < -0.4 is 4.74 Å². The molecule has 0 spiro atoms. The number of benzene rings is 1. The number of rotatable bonds is 10. The molecular formula is C23H36O5. The van der Waals surface area contributed by atoms with Crippen molar-refractivity contribution < 1.29 is 24.1 Å². The first-order valence-corrected chi connectivity index (χ1v) is 10.1. The van der Waals surface area contributed by atoms with Gasteiger partial charge in [-0.05, 0) is 43.9 Å². The summed E-state index contributed by atoms with van der Waals surface area (Å²) in [6, 6.07) is 7.94. The van der Waals surface area contributed by atoms with Crippen LogP contribution in [-0.4, -0.2) is 42.9 Å². The second kappa shape index (κ2) is 10.4. The molecule has 0 aromatic heterocycles. The lowest BCUT2D eigenvalue weighted by atomic mass is 9.96. The smallest absolute Gasteiger partial charge is 0.163 e. The lowest BCUT2D eigenvalue weighted by molar-refractivity contribution is -0.149. The Morgan fingerprint density at radius 2 is 1.79 bits per heavy atom. The van der Waals surface area contributed by atoms with Crippen LogP contribution in [-0.2, 0) is 20.8 Å². The first-order valence-electron chi connectivity index (χ1n) is 10.1. The molecule has 1 heterocycles. The summed E-state index contributed by atoms with van der Waals surface area (Å²) < 4.78 is 23.4. The fourth-order valence-corrected chi connectivity index (χ4v) is 3.44. The van der Waals surface area contributed by atoms with E-state index in [-0.39, 0.29) is 30.8 Å². The average molecular weight is 393 g/mol. The van der Waals surface area contributed by atoms with Crippen LogP contribution in [0.25, 0.3) is 0 Å². The molecule has 5 nitrogen and oxygen atoms in total. The first-order chi connectivity index (χ1) is 13.3. The Bertz CT molecular complexity index is 608. The van der Waals surface area contributed by atoms with Gasteiger partial charge in [0.15, 0.2) is 5.79 Å². The molecule has 0 radical (unpaired) electrons. The van der Waals surface area contributed by atoms with Gasteiger partial charge in [-0.15, -0.1) is 0 Å². The molecule has 1 fully saturated rings. The summed E-state index contributed by atoms with van der Waals surface area (Å²) in [6.45, 7) is 10.9. The zero-order chi connectivity index (χ0) is 20.7. The minimum Gasteiger partial charge on any atom is -0.497 e. The van der Waals surface area contributed by atoms with E-state index in [9.17, 15) is 5.11 Å². The summed E-state index contributed by atoms with van der Waals surface area (Å²) in [5.41, 5.74) is 1.12. The zero-order valence-corrected chi connectivity index (χ0v) is 18.1. The molecule has 1 aromatic rings. The second-order valence-electron chi connectivity index (χ2n) is 8.26. The molecule has 1 saturated heterocycles. The van der Waals surface area contributed by atoms with Crippen LogP contribution in [0.2, 0.25) is 0 Å². The molecule has 0 bridgehead atoms. The summed E-state index contributed by atoms with van der Waals surface area (Å²) in [5.74, 6) is 0.739. The highest BCUT2D eigenvalue weighted by molar-refractivity contribution is 5.26. The standard InChI is InChI=1S/C23H36O5/c1-16(2)20(26-15-18-8-10-19(25-6)11-9-18)12-7-17(3)22-21(13-14-24)27-23(4,5)28-22/h7-12,16-17,20-22,24H,13-15H2,1-6H3/b12-7-/t17?,20-,21+,22-/m1/s1. The van der Waals surface area contributed by atoms with Crippen molar-refractivity contribution in [3.8, 4) is 5.75 Å². The summed E-state index contributed by atoms with van der Waals surface area (Å²) in [4.78, 5) is 0. The largest absolute Gasteiger partial charge is 0.497 e. The summed E-state index contributed by atoms with van der Waals surface area (Å²) in [6.07, 6.45) is 4.69. The SMILES string of the molecule is COc1ccc(CO[C@H](/C=C\C(C)[C@H]2OC(C)(C)O[C@H]2CCO)C(C)C)cc1. The molecule has 158 valence electrons. The van der Waals surface area contributed by atoms with Crippen molar-refractivity contribution in [3.63, 3.8) is 0 Å². The van der Waals surface area contributed by atoms with E-state index in [2.05, 4.69) is 32.9 Å². The van der Waals surface area contributed by atoms with Crippen LogP contribution >= 0.6 is 0 Å². The maximum Gasteiger partial charge on any atom is 0.163 e. The van der Waals surface area contributed by atoms with Crippen LogP contribution in [0.5, 0.6) is 5.75 Å². The highest BCUT2D eigenvalue weighted by atomic mass is 16.8. The Morgan fingerprint density at radius 3 is 2.36 bits per heavy atom. The monoisotopic (exact) mass is 392 g/mol. The minimum absolute atomic E-state index is 0.0103. The lowest BCUT2D eigenvalue weighted by Gasteiger charge is -2.23. The third kappa shape index (κ3) is 6.59. The third-order valence-electron chi connectivity index (χ3n) is 5.02. The molecule has 1 aliphatic rings. The van der Waals surface area contributed by atoms with Gasteiger partial charge in [-0.3, -0.25) is 0 Å². The van der Waals surface area contributed by atoms with Gasteiger partial charge in [0.05, 0.1) is 32.0 Å². The minimum atomic E-state index is -0.616. The van der Waals surface area contributed by atoms with Crippen LogP contribution in [0.4, 0.5) is 0 Å². The Hall–Kier alpha value is -1.40. The van der Waals surface area contributed by atoms with Gasteiger partial charge in [-0.25, -0.2) is 0 Å². The zero-order valence-electron chi connectivity index (χ0n) is 18.1. The number of hydrogen-bond acceptors (Lipinski definition) is 5. The molecule has 1 aliphatic heterocycles. The molecular weight excluding hydrogens is 356 g/mol. The first kappa shape index (κ1) is 22.9. The van der Waals surface area contributed by atoms with Crippen molar-refractivity contribution in [1.29, 1.82) is 0 Å². The summed E-state index contributed by atoms with van der Waals surface area (Å²) in [7, 11) is 1.66. The molecule has 4 atom stereocenters. The van der Waals surface area contributed by atoms with Crippen LogP contribution in [0.15, 0.2) is 36.4 Å². The Labute approximate surface area is 169 Å². The van der Waals surface area contributed by atoms with Crippen LogP contribution in [0.1, 0.15) is 46.6 Å². The van der Waals surface area contributed by atoms with Crippen LogP contribution in [0, 0.1) is 11.8 Å².